The third-order valence-corrected chi connectivity index (χ3v) is 5.23. The van der Waals surface area contributed by atoms with E-state index in [4.69, 9.17) is 13.9 Å². The van der Waals surface area contributed by atoms with E-state index in [2.05, 4.69) is 4.90 Å². The second kappa shape index (κ2) is 5.75. The fourth-order valence-electron chi connectivity index (χ4n) is 3.77. The minimum Gasteiger partial charge on any atom is -0.472 e. The molecule has 1 aliphatic carbocycles. The van der Waals surface area contributed by atoms with E-state index in [0.29, 0.717) is 5.92 Å². The Bertz CT molecular complexity index is 449. The number of furan rings is 1. The van der Waals surface area contributed by atoms with Crippen molar-refractivity contribution in [1.82, 2.24) is 4.90 Å². The van der Waals surface area contributed by atoms with Crippen molar-refractivity contribution in [2.24, 2.45) is 11.8 Å². The average molecular weight is 291 g/mol. The minimum atomic E-state index is 0.118. The molecular formula is C17H25NO3. The lowest BCUT2D eigenvalue weighted by Crippen LogP contribution is -2.64. The maximum atomic E-state index is 6.11. The lowest BCUT2D eigenvalue weighted by atomic mass is 9.79. The van der Waals surface area contributed by atoms with Crippen LogP contribution in [0.1, 0.15) is 31.2 Å². The molecule has 1 aromatic rings. The molecule has 1 spiro atoms. The Balaban J connectivity index is 1.22. The van der Waals surface area contributed by atoms with Gasteiger partial charge in [-0.1, -0.05) is 0 Å². The molecule has 0 unspecified atom stereocenters. The molecule has 0 aromatic carbocycles. The Morgan fingerprint density at radius 2 is 2.19 bits per heavy atom. The molecule has 1 saturated carbocycles. The number of ether oxygens (including phenoxy) is 2. The molecular weight excluding hydrogens is 266 g/mol. The third-order valence-electron chi connectivity index (χ3n) is 5.23. The van der Waals surface area contributed by atoms with Crippen LogP contribution in [0.25, 0.3) is 0 Å². The Kier molecular flexibility index (Phi) is 3.78. The van der Waals surface area contributed by atoms with Gasteiger partial charge < -0.3 is 13.9 Å². The summed E-state index contributed by atoms with van der Waals surface area (Å²) in [5, 5.41) is 0. The Hall–Kier alpha value is -0.840. The summed E-state index contributed by atoms with van der Waals surface area (Å²) in [5.74, 6) is 1.55. The molecule has 3 aliphatic rings. The van der Waals surface area contributed by atoms with E-state index in [-0.39, 0.29) is 5.60 Å². The topological polar surface area (TPSA) is 34.8 Å². The van der Waals surface area contributed by atoms with Gasteiger partial charge in [0.15, 0.2) is 0 Å². The smallest absolute Gasteiger partial charge is 0.0964 e. The maximum Gasteiger partial charge on any atom is 0.0964 e. The van der Waals surface area contributed by atoms with Gasteiger partial charge in [0, 0.05) is 45.0 Å². The van der Waals surface area contributed by atoms with Gasteiger partial charge >= 0.3 is 0 Å². The molecule has 0 bridgehead atoms. The van der Waals surface area contributed by atoms with Crippen molar-refractivity contribution in [1.29, 1.82) is 0 Å². The second-order valence-electron chi connectivity index (χ2n) is 6.98. The zero-order valence-electron chi connectivity index (χ0n) is 12.6. The van der Waals surface area contributed by atoms with E-state index >= 15 is 0 Å². The highest BCUT2D eigenvalue weighted by molar-refractivity contribution is 5.10. The fourth-order valence-corrected chi connectivity index (χ4v) is 3.77. The van der Waals surface area contributed by atoms with E-state index in [1.807, 2.05) is 12.3 Å². The molecule has 0 N–H and O–H groups in total. The Morgan fingerprint density at radius 1 is 1.29 bits per heavy atom. The summed E-state index contributed by atoms with van der Waals surface area (Å²) in [6.07, 6.45) is 8.69. The van der Waals surface area contributed by atoms with Crippen molar-refractivity contribution in [2.75, 3.05) is 32.9 Å². The van der Waals surface area contributed by atoms with Crippen LogP contribution < -0.4 is 0 Å². The molecule has 3 fully saturated rings. The first-order valence-electron chi connectivity index (χ1n) is 8.29. The number of hydrogen-bond acceptors (Lipinski definition) is 4. The van der Waals surface area contributed by atoms with Crippen LogP contribution in [0.4, 0.5) is 0 Å². The minimum absolute atomic E-state index is 0.118. The number of hydrogen-bond donors (Lipinski definition) is 0. The number of nitrogens with zero attached hydrogens (tertiary/aromatic N) is 1. The van der Waals surface area contributed by atoms with Crippen LogP contribution in [-0.4, -0.2) is 43.4 Å². The number of likely N-dealkylation sites (tertiary alicyclic amines) is 1. The molecule has 2 saturated heterocycles. The number of rotatable bonds is 7. The van der Waals surface area contributed by atoms with Gasteiger partial charge in [-0.15, -0.1) is 0 Å². The molecule has 0 radical (unpaired) electrons. The van der Waals surface area contributed by atoms with Crippen LogP contribution in [0.5, 0.6) is 0 Å². The highest BCUT2D eigenvalue weighted by Gasteiger charge is 2.52. The van der Waals surface area contributed by atoms with E-state index < -0.39 is 0 Å². The predicted molar refractivity (Wildman–Crippen MR) is 78.9 cm³/mol. The van der Waals surface area contributed by atoms with Crippen molar-refractivity contribution in [3.8, 4) is 0 Å². The first-order chi connectivity index (χ1) is 10.3. The van der Waals surface area contributed by atoms with Crippen LogP contribution in [0.15, 0.2) is 23.0 Å². The summed E-state index contributed by atoms with van der Waals surface area (Å²) in [5.41, 5.74) is 1.37. The van der Waals surface area contributed by atoms with Gasteiger partial charge in [0.1, 0.15) is 0 Å². The zero-order chi connectivity index (χ0) is 14.1. The standard InChI is InChI=1S/C17H25NO3/c1-2-14(1)10-20-7-4-16-5-8-21-17(16)12-18(13-17)9-15-3-6-19-11-15/h3,6,11,14,16H,1-2,4-5,7-10,12-13H2/t16-/m0/s1. The van der Waals surface area contributed by atoms with Gasteiger partial charge in [0.05, 0.1) is 18.1 Å². The molecule has 3 heterocycles. The Morgan fingerprint density at radius 3 is 2.95 bits per heavy atom. The predicted octanol–water partition coefficient (Wildman–Crippen LogP) is 2.69. The van der Waals surface area contributed by atoms with Crippen LogP contribution in [0, 0.1) is 11.8 Å². The fraction of sp³-hybridized carbons (Fsp3) is 0.765. The lowest BCUT2D eigenvalue weighted by molar-refractivity contribution is -0.139. The van der Waals surface area contributed by atoms with Crippen molar-refractivity contribution < 1.29 is 13.9 Å². The zero-order valence-corrected chi connectivity index (χ0v) is 12.6. The van der Waals surface area contributed by atoms with Crippen LogP contribution >= 0.6 is 0 Å². The summed E-state index contributed by atoms with van der Waals surface area (Å²) in [6, 6.07) is 2.05. The van der Waals surface area contributed by atoms with E-state index in [1.165, 1.54) is 24.8 Å². The molecule has 2 aliphatic heterocycles. The SMILES string of the molecule is c1cc(CN2CC3(C2)OCC[C@@H]3CCOCC2CC2)co1. The van der Waals surface area contributed by atoms with Gasteiger partial charge in [-0.2, -0.15) is 0 Å². The first-order valence-corrected chi connectivity index (χ1v) is 8.29. The molecule has 116 valence electrons. The summed E-state index contributed by atoms with van der Waals surface area (Å²) >= 11 is 0. The highest BCUT2D eigenvalue weighted by Crippen LogP contribution is 2.42. The summed E-state index contributed by atoms with van der Waals surface area (Å²) < 4.78 is 17.1. The maximum absolute atomic E-state index is 6.11. The summed E-state index contributed by atoms with van der Waals surface area (Å²) in [6.45, 7) is 5.91. The quantitative estimate of drug-likeness (QED) is 0.724. The van der Waals surface area contributed by atoms with E-state index in [9.17, 15) is 0 Å². The monoisotopic (exact) mass is 291 g/mol. The van der Waals surface area contributed by atoms with Crippen LogP contribution in [-0.2, 0) is 16.0 Å². The lowest BCUT2D eigenvalue weighted by Gasteiger charge is -2.50. The molecule has 21 heavy (non-hydrogen) atoms. The van der Waals surface area contributed by atoms with Crippen LogP contribution in [0.2, 0.25) is 0 Å². The van der Waals surface area contributed by atoms with Crippen molar-refractivity contribution in [2.45, 2.75) is 37.8 Å². The van der Waals surface area contributed by atoms with Gasteiger partial charge in [0.2, 0.25) is 0 Å². The summed E-state index contributed by atoms with van der Waals surface area (Å²) in [4.78, 5) is 2.45. The van der Waals surface area contributed by atoms with Gasteiger partial charge in [0.25, 0.3) is 0 Å². The van der Waals surface area contributed by atoms with Crippen LogP contribution in [0.3, 0.4) is 0 Å². The van der Waals surface area contributed by atoms with Crippen molar-refractivity contribution in [3.63, 3.8) is 0 Å². The van der Waals surface area contributed by atoms with Gasteiger partial charge in [-0.3, -0.25) is 4.90 Å². The first kappa shape index (κ1) is 13.8. The Labute approximate surface area is 126 Å². The molecule has 4 heteroatoms. The average Bonchev–Trinajstić information content (AvgIpc) is 2.96. The van der Waals surface area contributed by atoms with Gasteiger partial charge in [-0.25, -0.2) is 0 Å². The molecule has 4 nitrogen and oxygen atoms in total. The molecule has 1 atom stereocenters. The molecule has 0 amide bonds. The van der Waals surface area contributed by atoms with E-state index in [0.717, 1.165) is 51.8 Å². The van der Waals surface area contributed by atoms with Crippen molar-refractivity contribution >= 4 is 0 Å². The normalized spacial score (nSPS) is 28.1. The van der Waals surface area contributed by atoms with E-state index in [1.54, 1.807) is 6.26 Å². The largest absolute Gasteiger partial charge is 0.472 e. The second-order valence-corrected chi connectivity index (χ2v) is 6.98. The summed E-state index contributed by atoms with van der Waals surface area (Å²) in [7, 11) is 0. The molecule has 4 rings (SSSR count). The highest BCUT2D eigenvalue weighted by atomic mass is 16.5. The van der Waals surface area contributed by atoms with Crippen molar-refractivity contribution in [3.05, 3.63) is 24.2 Å². The third kappa shape index (κ3) is 3.03. The van der Waals surface area contributed by atoms with Gasteiger partial charge in [-0.05, 0) is 43.6 Å². The molecule has 1 aromatic heterocycles.